The zero-order valence-corrected chi connectivity index (χ0v) is 11.0. The summed E-state index contributed by atoms with van der Waals surface area (Å²) in [5.41, 5.74) is 1.23. The van der Waals surface area contributed by atoms with E-state index < -0.39 is 0 Å². The van der Waals surface area contributed by atoms with E-state index in [0.29, 0.717) is 5.92 Å². The van der Waals surface area contributed by atoms with Crippen LogP contribution in [-0.2, 0) is 0 Å². The molecule has 0 radical (unpaired) electrons. The summed E-state index contributed by atoms with van der Waals surface area (Å²) >= 11 is 0. The first-order chi connectivity index (χ1) is 8.22. The number of hydrogen-bond donors (Lipinski definition) is 1. The third-order valence-electron chi connectivity index (χ3n) is 3.39. The second-order valence-corrected chi connectivity index (χ2v) is 4.48. The molecule has 0 aliphatic heterocycles. The van der Waals surface area contributed by atoms with Crippen LogP contribution >= 0.6 is 0 Å². The molecule has 1 N–H and O–H groups in total. The SMILES string of the molecule is CCC(CC)[C@@H](C#N)N[C@@H](C)c1ccccc1. The van der Waals surface area contributed by atoms with E-state index in [0.717, 1.165) is 12.8 Å². The summed E-state index contributed by atoms with van der Waals surface area (Å²) in [6.07, 6.45) is 2.09. The van der Waals surface area contributed by atoms with Gasteiger partial charge in [0.05, 0.1) is 12.1 Å². The van der Waals surface area contributed by atoms with Crippen LogP contribution in [0.5, 0.6) is 0 Å². The molecule has 1 aromatic carbocycles. The second kappa shape index (κ2) is 7.09. The molecule has 0 amide bonds. The van der Waals surface area contributed by atoms with Gasteiger partial charge in [0.25, 0.3) is 0 Å². The molecule has 0 heterocycles. The Morgan fingerprint density at radius 2 is 1.76 bits per heavy atom. The Morgan fingerprint density at radius 1 is 1.18 bits per heavy atom. The highest BCUT2D eigenvalue weighted by atomic mass is 14.9. The van der Waals surface area contributed by atoms with Gasteiger partial charge in [-0.05, 0) is 18.4 Å². The van der Waals surface area contributed by atoms with Gasteiger partial charge in [-0.3, -0.25) is 5.32 Å². The molecule has 0 aliphatic carbocycles. The normalized spacial score (nSPS) is 14.3. The smallest absolute Gasteiger partial charge is 0.0985 e. The van der Waals surface area contributed by atoms with E-state index in [2.05, 4.69) is 44.3 Å². The molecule has 2 nitrogen and oxygen atoms in total. The zero-order chi connectivity index (χ0) is 12.7. The fraction of sp³-hybridized carbons (Fsp3) is 0.533. The van der Waals surface area contributed by atoms with E-state index in [-0.39, 0.29) is 12.1 Å². The van der Waals surface area contributed by atoms with Crippen molar-refractivity contribution in [3.8, 4) is 6.07 Å². The lowest BCUT2D eigenvalue weighted by Gasteiger charge is -2.24. The lowest BCUT2D eigenvalue weighted by atomic mass is 9.94. The largest absolute Gasteiger partial charge is 0.295 e. The fourth-order valence-electron chi connectivity index (χ4n) is 2.15. The summed E-state index contributed by atoms with van der Waals surface area (Å²) in [6, 6.07) is 12.8. The minimum absolute atomic E-state index is 0.0554. The van der Waals surface area contributed by atoms with Gasteiger partial charge < -0.3 is 0 Å². The maximum absolute atomic E-state index is 9.24. The van der Waals surface area contributed by atoms with Crippen molar-refractivity contribution >= 4 is 0 Å². The lowest BCUT2D eigenvalue weighted by Crippen LogP contribution is -2.36. The number of rotatable bonds is 6. The molecular formula is C15H22N2. The molecule has 0 fully saturated rings. The standard InChI is InChI=1S/C15H22N2/c1-4-13(5-2)15(11-16)17-12(3)14-9-7-6-8-10-14/h6-10,12-13,15,17H,4-5H2,1-3H3/t12-,15+/m0/s1. The molecule has 2 heteroatoms. The summed E-state index contributed by atoms with van der Waals surface area (Å²) < 4.78 is 0. The average Bonchev–Trinajstić information content (AvgIpc) is 2.39. The van der Waals surface area contributed by atoms with E-state index in [9.17, 15) is 5.26 Å². The van der Waals surface area contributed by atoms with Crippen molar-refractivity contribution in [1.82, 2.24) is 5.32 Å². The van der Waals surface area contributed by atoms with Gasteiger partial charge in [-0.15, -0.1) is 0 Å². The van der Waals surface area contributed by atoms with E-state index in [1.165, 1.54) is 5.56 Å². The number of nitrogens with zero attached hydrogens (tertiary/aromatic N) is 1. The summed E-state index contributed by atoms with van der Waals surface area (Å²) in [4.78, 5) is 0. The minimum atomic E-state index is -0.0554. The van der Waals surface area contributed by atoms with Crippen LogP contribution in [0.15, 0.2) is 30.3 Å². The molecule has 92 valence electrons. The highest BCUT2D eigenvalue weighted by Crippen LogP contribution is 2.18. The Bertz CT molecular complexity index is 349. The third-order valence-corrected chi connectivity index (χ3v) is 3.39. The Kier molecular flexibility index (Phi) is 5.72. The lowest BCUT2D eigenvalue weighted by molar-refractivity contribution is 0.363. The van der Waals surface area contributed by atoms with Crippen molar-refractivity contribution in [1.29, 1.82) is 5.26 Å². The van der Waals surface area contributed by atoms with Crippen molar-refractivity contribution in [2.45, 2.75) is 45.7 Å². The van der Waals surface area contributed by atoms with Crippen LogP contribution in [0, 0.1) is 17.2 Å². The minimum Gasteiger partial charge on any atom is -0.295 e. The molecule has 0 unspecified atom stereocenters. The summed E-state index contributed by atoms with van der Waals surface area (Å²) in [5.74, 6) is 0.436. The first-order valence-corrected chi connectivity index (χ1v) is 6.43. The predicted molar refractivity (Wildman–Crippen MR) is 71.5 cm³/mol. The van der Waals surface area contributed by atoms with E-state index >= 15 is 0 Å². The monoisotopic (exact) mass is 230 g/mol. The third kappa shape index (κ3) is 3.87. The molecule has 1 rings (SSSR count). The highest BCUT2D eigenvalue weighted by Gasteiger charge is 2.20. The van der Waals surface area contributed by atoms with Crippen LogP contribution in [0.25, 0.3) is 0 Å². The van der Waals surface area contributed by atoms with E-state index in [4.69, 9.17) is 0 Å². The van der Waals surface area contributed by atoms with Crippen molar-refractivity contribution < 1.29 is 0 Å². The molecule has 17 heavy (non-hydrogen) atoms. The fourth-order valence-corrected chi connectivity index (χ4v) is 2.15. The molecule has 2 atom stereocenters. The average molecular weight is 230 g/mol. The van der Waals surface area contributed by atoms with Gasteiger partial charge in [-0.2, -0.15) is 5.26 Å². The highest BCUT2D eigenvalue weighted by molar-refractivity contribution is 5.18. The first-order valence-electron chi connectivity index (χ1n) is 6.43. The second-order valence-electron chi connectivity index (χ2n) is 4.48. The number of nitrogens with one attached hydrogen (secondary N) is 1. The summed E-state index contributed by atoms with van der Waals surface area (Å²) in [7, 11) is 0. The zero-order valence-electron chi connectivity index (χ0n) is 11.0. The Labute approximate surface area is 105 Å². The van der Waals surface area contributed by atoms with Gasteiger partial charge in [0, 0.05) is 6.04 Å². The van der Waals surface area contributed by atoms with Gasteiger partial charge in [0.15, 0.2) is 0 Å². The Balaban J connectivity index is 2.66. The van der Waals surface area contributed by atoms with E-state index in [1.54, 1.807) is 0 Å². The van der Waals surface area contributed by atoms with Gasteiger partial charge in [0.1, 0.15) is 0 Å². The quantitative estimate of drug-likeness (QED) is 0.809. The Morgan fingerprint density at radius 3 is 2.24 bits per heavy atom. The van der Waals surface area contributed by atoms with Crippen molar-refractivity contribution in [2.24, 2.45) is 5.92 Å². The number of hydrogen-bond acceptors (Lipinski definition) is 2. The van der Waals surface area contributed by atoms with Crippen molar-refractivity contribution in [3.05, 3.63) is 35.9 Å². The number of benzene rings is 1. The molecule has 0 aliphatic rings. The number of nitriles is 1. The van der Waals surface area contributed by atoms with Crippen LogP contribution in [0.2, 0.25) is 0 Å². The maximum Gasteiger partial charge on any atom is 0.0985 e. The van der Waals surface area contributed by atoms with Crippen LogP contribution < -0.4 is 5.32 Å². The van der Waals surface area contributed by atoms with Gasteiger partial charge in [-0.1, -0.05) is 57.0 Å². The van der Waals surface area contributed by atoms with E-state index in [1.807, 2.05) is 18.2 Å². The van der Waals surface area contributed by atoms with Crippen molar-refractivity contribution in [2.75, 3.05) is 0 Å². The molecular weight excluding hydrogens is 208 g/mol. The summed E-state index contributed by atoms with van der Waals surface area (Å²) in [6.45, 7) is 6.41. The van der Waals surface area contributed by atoms with Crippen LogP contribution in [0.4, 0.5) is 0 Å². The molecule has 0 bridgehead atoms. The first kappa shape index (κ1) is 13.7. The summed E-state index contributed by atoms with van der Waals surface area (Å²) in [5, 5.41) is 12.7. The van der Waals surface area contributed by atoms with Crippen LogP contribution in [-0.4, -0.2) is 6.04 Å². The molecule has 0 aromatic heterocycles. The van der Waals surface area contributed by atoms with Gasteiger partial charge in [-0.25, -0.2) is 0 Å². The molecule has 1 aromatic rings. The van der Waals surface area contributed by atoms with Crippen LogP contribution in [0.1, 0.15) is 45.2 Å². The van der Waals surface area contributed by atoms with Crippen LogP contribution in [0.3, 0.4) is 0 Å². The van der Waals surface area contributed by atoms with Gasteiger partial charge >= 0.3 is 0 Å². The Hall–Kier alpha value is -1.33. The molecule has 0 saturated carbocycles. The topological polar surface area (TPSA) is 35.8 Å². The molecule has 0 saturated heterocycles. The predicted octanol–water partition coefficient (Wildman–Crippen LogP) is 3.67. The molecule has 0 spiro atoms. The maximum atomic E-state index is 9.24. The van der Waals surface area contributed by atoms with Gasteiger partial charge in [0.2, 0.25) is 0 Å². The van der Waals surface area contributed by atoms with Crippen molar-refractivity contribution in [3.63, 3.8) is 0 Å².